The molecule has 0 unspecified atom stereocenters. The van der Waals surface area contributed by atoms with Crippen LogP contribution in [0.15, 0.2) is 39.5 Å². The molecule has 0 saturated carbocycles. The molecule has 25 heavy (non-hydrogen) atoms. The Labute approximate surface area is 142 Å². The summed E-state index contributed by atoms with van der Waals surface area (Å²) in [6, 6.07) is 7.07. The molecule has 1 aromatic heterocycles. The van der Waals surface area contributed by atoms with E-state index in [2.05, 4.69) is 0 Å². The van der Waals surface area contributed by atoms with Crippen LogP contribution in [0.1, 0.15) is 41.5 Å². The molecule has 1 heterocycles. The van der Waals surface area contributed by atoms with Gasteiger partial charge in [0.1, 0.15) is 5.58 Å². The molecule has 3 aromatic rings. The van der Waals surface area contributed by atoms with Gasteiger partial charge in [0.2, 0.25) is 5.43 Å². The van der Waals surface area contributed by atoms with Crippen molar-refractivity contribution in [2.45, 2.75) is 26.9 Å². The molecule has 128 valence electrons. The second kappa shape index (κ2) is 6.05. The molecule has 0 atom stereocenters. The molecule has 0 saturated heterocycles. The van der Waals surface area contributed by atoms with Gasteiger partial charge in [0.15, 0.2) is 17.1 Å². The molecule has 6 nitrogen and oxygen atoms in total. The summed E-state index contributed by atoms with van der Waals surface area (Å²) in [5.41, 5.74) is 0.395. The Morgan fingerprint density at radius 2 is 1.76 bits per heavy atom. The first-order valence-electron chi connectivity index (χ1n) is 7.73. The summed E-state index contributed by atoms with van der Waals surface area (Å²) in [5, 5.41) is 9.43. The van der Waals surface area contributed by atoms with E-state index in [1.165, 1.54) is 31.2 Å². The number of carbonyl (C=O) groups is 2. The number of benzene rings is 2. The Hall–Kier alpha value is -3.15. The fourth-order valence-corrected chi connectivity index (χ4v) is 2.61. The fraction of sp³-hybridized carbons (Fsp3) is 0.211. The minimum atomic E-state index is -1.14. The van der Waals surface area contributed by atoms with Crippen LogP contribution < -0.4 is 10.2 Å². The van der Waals surface area contributed by atoms with Gasteiger partial charge in [-0.25, -0.2) is 4.79 Å². The standard InChI is InChI=1S/C19H16O6/c1-9(2)24-16-8-12(10(3)20)7-14-17(21)13-6-11(19(22)23)4-5-15(13)25-18(14)16/h4-9H,1-3H3,(H,22,23). The molecule has 2 aromatic carbocycles. The van der Waals surface area contributed by atoms with Gasteiger partial charge in [-0.2, -0.15) is 0 Å². The van der Waals surface area contributed by atoms with E-state index >= 15 is 0 Å². The number of carboxylic acid groups (broad SMARTS) is 1. The molecular weight excluding hydrogens is 324 g/mol. The van der Waals surface area contributed by atoms with Crippen molar-refractivity contribution in [3.8, 4) is 5.75 Å². The molecule has 0 aliphatic carbocycles. The first-order chi connectivity index (χ1) is 11.8. The molecule has 0 bridgehead atoms. The van der Waals surface area contributed by atoms with Crippen molar-refractivity contribution in [1.82, 2.24) is 0 Å². The van der Waals surface area contributed by atoms with Crippen molar-refractivity contribution in [1.29, 1.82) is 0 Å². The van der Waals surface area contributed by atoms with Crippen LogP contribution in [0.2, 0.25) is 0 Å². The van der Waals surface area contributed by atoms with Gasteiger partial charge in [0, 0.05) is 5.56 Å². The zero-order chi connectivity index (χ0) is 18.3. The zero-order valence-corrected chi connectivity index (χ0v) is 14.0. The Kier molecular flexibility index (Phi) is 4.04. The highest BCUT2D eigenvalue weighted by molar-refractivity contribution is 6.02. The van der Waals surface area contributed by atoms with Crippen LogP contribution in [-0.4, -0.2) is 23.0 Å². The minimum absolute atomic E-state index is 0.0134. The van der Waals surface area contributed by atoms with Gasteiger partial charge in [0.25, 0.3) is 0 Å². The lowest BCUT2D eigenvalue weighted by atomic mass is 10.0. The first-order valence-corrected chi connectivity index (χ1v) is 7.73. The Morgan fingerprint density at radius 3 is 2.36 bits per heavy atom. The lowest BCUT2D eigenvalue weighted by molar-refractivity contribution is 0.0697. The van der Waals surface area contributed by atoms with Gasteiger partial charge in [-0.15, -0.1) is 0 Å². The van der Waals surface area contributed by atoms with Crippen LogP contribution >= 0.6 is 0 Å². The van der Waals surface area contributed by atoms with Gasteiger partial charge in [-0.3, -0.25) is 9.59 Å². The summed E-state index contributed by atoms with van der Waals surface area (Å²) in [7, 11) is 0. The Morgan fingerprint density at radius 1 is 1.08 bits per heavy atom. The average molecular weight is 340 g/mol. The van der Waals surface area contributed by atoms with E-state index in [4.69, 9.17) is 14.3 Å². The topological polar surface area (TPSA) is 93.8 Å². The fourth-order valence-electron chi connectivity index (χ4n) is 2.61. The quantitative estimate of drug-likeness (QED) is 0.576. The third kappa shape index (κ3) is 2.98. The normalized spacial score (nSPS) is 11.2. The lowest BCUT2D eigenvalue weighted by Crippen LogP contribution is -2.10. The van der Waals surface area contributed by atoms with Crippen LogP contribution in [0.4, 0.5) is 0 Å². The highest BCUT2D eigenvalue weighted by Gasteiger charge is 2.17. The number of rotatable bonds is 4. The van der Waals surface area contributed by atoms with E-state index in [9.17, 15) is 14.4 Å². The second-order valence-electron chi connectivity index (χ2n) is 6.02. The third-order valence-electron chi connectivity index (χ3n) is 3.75. The third-order valence-corrected chi connectivity index (χ3v) is 3.75. The molecule has 0 aliphatic rings. The molecule has 1 N–H and O–H groups in total. The number of carbonyl (C=O) groups excluding carboxylic acids is 1. The van der Waals surface area contributed by atoms with Crippen LogP contribution in [-0.2, 0) is 0 Å². The van der Waals surface area contributed by atoms with Crippen molar-refractivity contribution in [3.05, 3.63) is 51.7 Å². The SMILES string of the molecule is CC(=O)c1cc(OC(C)C)c2oc3ccc(C(=O)O)cc3c(=O)c2c1. The summed E-state index contributed by atoms with van der Waals surface area (Å²) < 4.78 is 11.5. The average Bonchev–Trinajstić information content (AvgIpc) is 2.54. The summed E-state index contributed by atoms with van der Waals surface area (Å²) in [4.78, 5) is 35.8. The molecule has 0 spiro atoms. The number of fused-ring (bicyclic) bond motifs is 2. The van der Waals surface area contributed by atoms with Crippen molar-refractivity contribution in [2.24, 2.45) is 0 Å². The predicted molar refractivity (Wildman–Crippen MR) is 92.7 cm³/mol. The first kappa shape index (κ1) is 16.7. The van der Waals surface area contributed by atoms with E-state index in [0.29, 0.717) is 11.3 Å². The van der Waals surface area contributed by atoms with E-state index in [0.717, 1.165) is 0 Å². The van der Waals surface area contributed by atoms with Crippen molar-refractivity contribution >= 4 is 33.7 Å². The van der Waals surface area contributed by atoms with E-state index < -0.39 is 11.4 Å². The minimum Gasteiger partial charge on any atom is -0.487 e. The number of hydrogen-bond donors (Lipinski definition) is 1. The maximum absolute atomic E-state index is 12.9. The highest BCUT2D eigenvalue weighted by Crippen LogP contribution is 2.30. The second-order valence-corrected chi connectivity index (χ2v) is 6.02. The molecule has 0 fully saturated rings. The lowest BCUT2D eigenvalue weighted by Gasteiger charge is -2.13. The van der Waals surface area contributed by atoms with Crippen LogP contribution in [0.25, 0.3) is 21.9 Å². The van der Waals surface area contributed by atoms with Gasteiger partial charge in [0.05, 0.1) is 22.4 Å². The summed E-state index contributed by atoms with van der Waals surface area (Å²) in [6.07, 6.45) is -0.180. The van der Waals surface area contributed by atoms with Crippen LogP contribution in [0.3, 0.4) is 0 Å². The molecule has 6 heteroatoms. The van der Waals surface area contributed by atoms with E-state index in [-0.39, 0.29) is 39.4 Å². The maximum Gasteiger partial charge on any atom is 0.335 e. The summed E-state index contributed by atoms with van der Waals surface area (Å²) in [5.74, 6) is -1.05. The van der Waals surface area contributed by atoms with E-state index in [1.807, 2.05) is 13.8 Å². The number of aromatic carboxylic acids is 1. The monoisotopic (exact) mass is 340 g/mol. The molecule has 0 radical (unpaired) electrons. The molecule has 0 aliphatic heterocycles. The van der Waals surface area contributed by atoms with Crippen LogP contribution in [0.5, 0.6) is 5.75 Å². The smallest absolute Gasteiger partial charge is 0.335 e. The van der Waals surface area contributed by atoms with Crippen molar-refractivity contribution < 1.29 is 23.8 Å². The Balaban J connectivity index is 2.43. The van der Waals surface area contributed by atoms with Crippen molar-refractivity contribution in [2.75, 3.05) is 0 Å². The van der Waals surface area contributed by atoms with Crippen molar-refractivity contribution in [3.63, 3.8) is 0 Å². The Bertz CT molecular complexity index is 1070. The molecule has 0 amide bonds. The highest BCUT2D eigenvalue weighted by atomic mass is 16.5. The maximum atomic E-state index is 12.9. The van der Waals surface area contributed by atoms with Gasteiger partial charge in [-0.05, 0) is 51.1 Å². The largest absolute Gasteiger partial charge is 0.487 e. The van der Waals surface area contributed by atoms with Crippen LogP contribution in [0, 0.1) is 0 Å². The number of carboxylic acids is 1. The number of ketones is 1. The number of hydrogen-bond acceptors (Lipinski definition) is 5. The summed E-state index contributed by atoms with van der Waals surface area (Å²) >= 11 is 0. The summed E-state index contributed by atoms with van der Waals surface area (Å²) in [6.45, 7) is 5.04. The number of Topliss-reactive ketones (excluding diaryl/α,β-unsaturated/α-hetero) is 1. The molecular formula is C19H16O6. The van der Waals surface area contributed by atoms with E-state index in [1.54, 1.807) is 6.07 Å². The van der Waals surface area contributed by atoms with Gasteiger partial charge < -0.3 is 14.3 Å². The zero-order valence-electron chi connectivity index (χ0n) is 14.0. The molecule has 3 rings (SSSR count). The van der Waals surface area contributed by atoms with Gasteiger partial charge in [-0.1, -0.05) is 0 Å². The predicted octanol–water partition coefficient (Wildman–Crippen LogP) is 3.63. The number of ether oxygens (including phenoxy) is 1. The van der Waals surface area contributed by atoms with Gasteiger partial charge >= 0.3 is 5.97 Å².